The number of nitro groups is 1. The van der Waals surface area contributed by atoms with Crippen LogP contribution in [0.1, 0.15) is 15.9 Å². The van der Waals surface area contributed by atoms with Gasteiger partial charge in [0.2, 0.25) is 11.7 Å². The Morgan fingerprint density at radius 2 is 2.00 bits per heavy atom. The summed E-state index contributed by atoms with van der Waals surface area (Å²) in [5, 5.41) is 13.5. The Labute approximate surface area is 137 Å². The number of carbonyl (C=O) groups is 2. The molecule has 0 fully saturated rings. The lowest BCUT2D eigenvalue weighted by Gasteiger charge is -2.09. The molecule has 24 heavy (non-hydrogen) atoms. The number of nitrogens with two attached hydrogens (primary N) is 1. The second-order valence-electron chi connectivity index (χ2n) is 5.01. The third kappa shape index (κ3) is 4.29. The molecule has 0 aliphatic carbocycles. The molecular weight excluding hydrogens is 314 g/mol. The van der Waals surface area contributed by atoms with Crippen molar-refractivity contribution in [3.8, 4) is 11.5 Å². The summed E-state index contributed by atoms with van der Waals surface area (Å²) in [4.78, 5) is 33.2. The second kappa shape index (κ2) is 7.23. The molecule has 0 atom stereocenters. The SMILES string of the molecule is Cc1ccc(Oc2cccc(C(=O)NCC(N)=O)c2)c([N+](=O)[O-])c1. The Hall–Kier alpha value is -3.42. The zero-order chi connectivity index (χ0) is 17.7. The van der Waals surface area contributed by atoms with Crippen LogP contribution in [0, 0.1) is 17.0 Å². The van der Waals surface area contributed by atoms with Crippen LogP contribution in [0.15, 0.2) is 42.5 Å². The van der Waals surface area contributed by atoms with Crippen molar-refractivity contribution in [2.75, 3.05) is 6.54 Å². The van der Waals surface area contributed by atoms with E-state index < -0.39 is 16.7 Å². The van der Waals surface area contributed by atoms with Gasteiger partial charge in [0, 0.05) is 11.6 Å². The molecule has 0 saturated heterocycles. The van der Waals surface area contributed by atoms with Gasteiger partial charge >= 0.3 is 5.69 Å². The van der Waals surface area contributed by atoms with E-state index in [0.717, 1.165) is 5.56 Å². The van der Waals surface area contributed by atoms with E-state index in [0.29, 0.717) is 0 Å². The first kappa shape index (κ1) is 16.9. The molecule has 0 heterocycles. The number of amides is 2. The highest BCUT2D eigenvalue weighted by atomic mass is 16.6. The number of ether oxygens (including phenoxy) is 1. The van der Waals surface area contributed by atoms with E-state index in [1.165, 1.54) is 24.3 Å². The van der Waals surface area contributed by atoms with Crippen molar-refractivity contribution in [2.24, 2.45) is 5.73 Å². The van der Waals surface area contributed by atoms with Crippen LogP contribution in [0.3, 0.4) is 0 Å². The highest BCUT2D eigenvalue weighted by molar-refractivity contribution is 5.96. The number of primary amides is 1. The topological polar surface area (TPSA) is 125 Å². The van der Waals surface area contributed by atoms with Gasteiger partial charge in [-0.2, -0.15) is 0 Å². The fourth-order valence-corrected chi connectivity index (χ4v) is 1.95. The lowest BCUT2D eigenvalue weighted by atomic mass is 10.2. The average molecular weight is 329 g/mol. The number of nitrogens with one attached hydrogen (secondary N) is 1. The molecule has 0 aliphatic rings. The first-order valence-electron chi connectivity index (χ1n) is 6.96. The minimum absolute atomic E-state index is 0.0697. The number of nitrogens with zero attached hydrogens (tertiary/aromatic N) is 1. The Kier molecular flexibility index (Phi) is 5.10. The fourth-order valence-electron chi connectivity index (χ4n) is 1.95. The van der Waals surface area contributed by atoms with Crippen LogP contribution in [0.4, 0.5) is 5.69 Å². The van der Waals surface area contributed by atoms with E-state index in [1.807, 2.05) is 0 Å². The molecule has 2 aromatic carbocycles. The Bertz CT molecular complexity index is 804. The van der Waals surface area contributed by atoms with E-state index in [9.17, 15) is 19.7 Å². The first-order chi connectivity index (χ1) is 11.4. The molecule has 0 aliphatic heterocycles. The van der Waals surface area contributed by atoms with Crippen LogP contribution in [0.5, 0.6) is 11.5 Å². The number of benzene rings is 2. The maximum Gasteiger partial charge on any atom is 0.311 e. The highest BCUT2D eigenvalue weighted by Gasteiger charge is 2.16. The molecule has 0 aromatic heterocycles. The maximum absolute atomic E-state index is 11.9. The Balaban J connectivity index is 2.23. The average Bonchev–Trinajstić information content (AvgIpc) is 2.54. The number of aryl methyl sites for hydroxylation is 1. The molecule has 8 heteroatoms. The van der Waals surface area contributed by atoms with Crippen molar-refractivity contribution in [2.45, 2.75) is 6.92 Å². The quantitative estimate of drug-likeness (QED) is 0.618. The fraction of sp³-hybridized carbons (Fsp3) is 0.125. The van der Waals surface area contributed by atoms with Crippen molar-refractivity contribution in [3.05, 3.63) is 63.7 Å². The molecule has 0 bridgehead atoms. The standard InChI is InChI=1S/C16H15N3O5/c1-10-5-6-14(13(7-10)19(22)23)24-12-4-2-3-11(8-12)16(21)18-9-15(17)20/h2-8H,9H2,1H3,(H2,17,20)(H,18,21). The number of hydrogen-bond acceptors (Lipinski definition) is 5. The molecule has 0 radical (unpaired) electrons. The van der Waals surface area contributed by atoms with Gasteiger partial charge in [-0.1, -0.05) is 12.1 Å². The molecule has 0 saturated carbocycles. The molecule has 3 N–H and O–H groups in total. The molecule has 2 rings (SSSR count). The molecule has 8 nitrogen and oxygen atoms in total. The van der Waals surface area contributed by atoms with Crippen LogP contribution < -0.4 is 15.8 Å². The zero-order valence-electron chi connectivity index (χ0n) is 12.8. The van der Waals surface area contributed by atoms with Crippen molar-refractivity contribution in [1.29, 1.82) is 0 Å². The lowest BCUT2D eigenvalue weighted by Crippen LogP contribution is -2.33. The largest absolute Gasteiger partial charge is 0.450 e. The Morgan fingerprint density at radius 1 is 1.25 bits per heavy atom. The normalized spacial score (nSPS) is 10.0. The summed E-state index contributed by atoms with van der Waals surface area (Å²) in [6, 6.07) is 10.6. The van der Waals surface area contributed by atoms with E-state index in [-0.39, 0.29) is 29.3 Å². The lowest BCUT2D eigenvalue weighted by molar-refractivity contribution is -0.385. The van der Waals surface area contributed by atoms with Crippen LogP contribution >= 0.6 is 0 Å². The summed E-state index contributed by atoms with van der Waals surface area (Å²) >= 11 is 0. The van der Waals surface area contributed by atoms with Gasteiger partial charge in [0.1, 0.15) is 5.75 Å². The summed E-state index contributed by atoms with van der Waals surface area (Å²) in [7, 11) is 0. The van der Waals surface area contributed by atoms with Gasteiger partial charge in [0.05, 0.1) is 11.5 Å². The second-order valence-corrected chi connectivity index (χ2v) is 5.01. The minimum Gasteiger partial charge on any atom is -0.450 e. The summed E-state index contributed by atoms with van der Waals surface area (Å²) in [5.74, 6) is -0.835. The van der Waals surface area contributed by atoms with Crippen LogP contribution in [-0.4, -0.2) is 23.3 Å². The Morgan fingerprint density at radius 3 is 2.67 bits per heavy atom. The van der Waals surface area contributed by atoms with E-state index in [2.05, 4.69) is 5.32 Å². The van der Waals surface area contributed by atoms with Gasteiger partial charge in [0.15, 0.2) is 0 Å². The van der Waals surface area contributed by atoms with Crippen molar-refractivity contribution in [3.63, 3.8) is 0 Å². The molecule has 2 amide bonds. The summed E-state index contributed by atoms with van der Waals surface area (Å²) < 4.78 is 5.53. The number of rotatable bonds is 6. The van der Waals surface area contributed by atoms with Gasteiger partial charge in [-0.15, -0.1) is 0 Å². The van der Waals surface area contributed by atoms with E-state index in [4.69, 9.17) is 10.5 Å². The molecule has 124 valence electrons. The molecule has 2 aromatic rings. The maximum atomic E-state index is 11.9. The third-order valence-corrected chi connectivity index (χ3v) is 3.06. The van der Waals surface area contributed by atoms with Gasteiger partial charge in [0.25, 0.3) is 5.91 Å². The van der Waals surface area contributed by atoms with Gasteiger partial charge in [-0.05, 0) is 36.8 Å². The summed E-state index contributed by atoms with van der Waals surface area (Å²) in [6.07, 6.45) is 0. The first-order valence-corrected chi connectivity index (χ1v) is 6.96. The monoisotopic (exact) mass is 329 g/mol. The number of nitro benzene ring substituents is 1. The van der Waals surface area contributed by atoms with E-state index >= 15 is 0 Å². The van der Waals surface area contributed by atoms with Crippen molar-refractivity contribution < 1.29 is 19.2 Å². The van der Waals surface area contributed by atoms with Crippen molar-refractivity contribution >= 4 is 17.5 Å². The number of hydrogen-bond donors (Lipinski definition) is 2. The van der Waals surface area contributed by atoms with Crippen LogP contribution in [0.25, 0.3) is 0 Å². The zero-order valence-corrected chi connectivity index (χ0v) is 12.8. The van der Waals surface area contributed by atoms with E-state index in [1.54, 1.807) is 25.1 Å². The highest BCUT2D eigenvalue weighted by Crippen LogP contribution is 2.32. The predicted molar refractivity (Wildman–Crippen MR) is 85.9 cm³/mol. The number of carbonyl (C=O) groups excluding carboxylic acids is 2. The predicted octanol–water partition coefficient (Wildman–Crippen LogP) is 1.91. The summed E-state index contributed by atoms with van der Waals surface area (Å²) in [5.41, 5.74) is 5.77. The smallest absolute Gasteiger partial charge is 0.311 e. The van der Waals surface area contributed by atoms with Crippen molar-refractivity contribution in [1.82, 2.24) is 5.32 Å². The minimum atomic E-state index is -0.661. The third-order valence-electron chi connectivity index (χ3n) is 3.06. The van der Waals surface area contributed by atoms with Crippen LogP contribution in [-0.2, 0) is 4.79 Å². The molecule has 0 spiro atoms. The summed E-state index contributed by atoms with van der Waals surface area (Å²) in [6.45, 7) is 1.45. The molecule has 0 unspecified atom stereocenters. The van der Waals surface area contributed by atoms with Gasteiger partial charge in [-0.3, -0.25) is 19.7 Å². The van der Waals surface area contributed by atoms with Crippen LogP contribution in [0.2, 0.25) is 0 Å². The van der Waals surface area contributed by atoms with Gasteiger partial charge < -0.3 is 15.8 Å². The van der Waals surface area contributed by atoms with Gasteiger partial charge in [-0.25, -0.2) is 0 Å². The molecular formula is C16H15N3O5.